The maximum absolute atomic E-state index is 11.6. The van der Waals surface area contributed by atoms with Crippen LogP contribution >= 0.6 is 0 Å². The molecular weight excluding hydrogens is 212 g/mol. The van der Waals surface area contributed by atoms with Gasteiger partial charge in [-0.15, -0.1) is 0 Å². The maximum Gasteiger partial charge on any atom is 0.220 e. The van der Waals surface area contributed by atoms with Crippen LogP contribution in [0.25, 0.3) is 0 Å². The molecule has 0 saturated heterocycles. The summed E-state index contributed by atoms with van der Waals surface area (Å²) in [5.74, 6) is 0.0724. The molecule has 3 heteroatoms. The molecule has 0 fully saturated rings. The third-order valence-corrected chi connectivity index (χ3v) is 2.81. The summed E-state index contributed by atoms with van der Waals surface area (Å²) in [6.07, 6.45) is 1.24. The smallest absolute Gasteiger partial charge is 0.220 e. The van der Waals surface area contributed by atoms with Crippen molar-refractivity contribution in [1.29, 1.82) is 0 Å². The number of hydrogen-bond donors (Lipinski definition) is 2. The topological polar surface area (TPSA) is 55.1 Å². The molecule has 0 spiro atoms. The van der Waals surface area contributed by atoms with E-state index in [0.717, 1.165) is 6.42 Å². The first-order chi connectivity index (χ1) is 7.99. The van der Waals surface area contributed by atoms with Gasteiger partial charge in [0.05, 0.1) is 0 Å². The van der Waals surface area contributed by atoms with Crippen LogP contribution in [-0.2, 0) is 11.3 Å². The summed E-state index contributed by atoms with van der Waals surface area (Å²) in [7, 11) is 0. The fraction of sp³-hybridized carbons (Fsp3) is 0.500. The molecule has 3 N–H and O–H groups in total. The predicted octanol–water partition coefficient (Wildman–Crippen LogP) is 2.05. The van der Waals surface area contributed by atoms with Crippen molar-refractivity contribution >= 4 is 5.91 Å². The van der Waals surface area contributed by atoms with Gasteiger partial charge in [-0.3, -0.25) is 4.79 Å². The number of aryl methyl sites for hydroxylation is 2. The Kier molecular flexibility index (Phi) is 5.16. The molecule has 0 aromatic heterocycles. The molecule has 1 aromatic rings. The standard InChI is InChI=1S/C14H22N2O/c1-10-4-5-11(2)13(8-10)9-16-14(17)7-6-12(3)15/h4-5,8,12H,6-7,9,15H2,1-3H3,(H,16,17). The van der Waals surface area contributed by atoms with Crippen molar-refractivity contribution in [1.82, 2.24) is 5.32 Å². The third kappa shape index (κ3) is 5.00. The van der Waals surface area contributed by atoms with E-state index in [0.29, 0.717) is 13.0 Å². The van der Waals surface area contributed by atoms with Crippen molar-refractivity contribution in [2.24, 2.45) is 5.73 Å². The van der Waals surface area contributed by atoms with Crippen LogP contribution in [0.5, 0.6) is 0 Å². The Balaban J connectivity index is 2.44. The number of nitrogens with one attached hydrogen (secondary N) is 1. The Labute approximate surface area is 103 Å². The zero-order valence-corrected chi connectivity index (χ0v) is 10.9. The molecule has 0 saturated carbocycles. The molecule has 0 aliphatic heterocycles. The first kappa shape index (κ1) is 13.7. The van der Waals surface area contributed by atoms with Crippen LogP contribution in [0.2, 0.25) is 0 Å². The highest BCUT2D eigenvalue weighted by Crippen LogP contribution is 2.10. The average molecular weight is 234 g/mol. The SMILES string of the molecule is Cc1ccc(C)c(CNC(=O)CCC(C)N)c1. The van der Waals surface area contributed by atoms with Crippen LogP contribution in [-0.4, -0.2) is 11.9 Å². The quantitative estimate of drug-likeness (QED) is 0.819. The normalized spacial score (nSPS) is 12.2. The van der Waals surface area contributed by atoms with Crippen molar-refractivity contribution in [2.45, 2.75) is 46.2 Å². The molecule has 0 bridgehead atoms. The van der Waals surface area contributed by atoms with E-state index in [1.54, 1.807) is 0 Å². The van der Waals surface area contributed by atoms with E-state index >= 15 is 0 Å². The molecule has 17 heavy (non-hydrogen) atoms. The number of benzene rings is 1. The van der Waals surface area contributed by atoms with E-state index in [-0.39, 0.29) is 11.9 Å². The molecule has 0 radical (unpaired) electrons. The number of carbonyl (C=O) groups excluding carboxylic acids is 1. The van der Waals surface area contributed by atoms with Gasteiger partial charge in [-0.2, -0.15) is 0 Å². The summed E-state index contributed by atoms with van der Waals surface area (Å²) < 4.78 is 0. The molecule has 3 nitrogen and oxygen atoms in total. The molecular formula is C14H22N2O. The van der Waals surface area contributed by atoms with E-state index in [1.807, 2.05) is 6.92 Å². The zero-order chi connectivity index (χ0) is 12.8. The maximum atomic E-state index is 11.6. The van der Waals surface area contributed by atoms with Crippen molar-refractivity contribution in [3.05, 3.63) is 34.9 Å². The molecule has 0 aliphatic carbocycles. The van der Waals surface area contributed by atoms with Crippen LogP contribution in [0, 0.1) is 13.8 Å². The molecule has 0 heterocycles. The van der Waals surface area contributed by atoms with Gasteiger partial charge in [0.1, 0.15) is 0 Å². The van der Waals surface area contributed by atoms with E-state index in [4.69, 9.17) is 5.73 Å². The van der Waals surface area contributed by atoms with Crippen LogP contribution < -0.4 is 11.1 Å². The molecule has 0 aliphatic rings. The van der Waals surface area contributed by atoms with E-state index in [2.05, 4.69) is 37.4 Å². The van der Waals surface area contributed by atoms with E-state index in [9.17, 15) is 4.79 Å². The fourth-order valence-electron chi connectivity index (χ4n) is 1.63. The minimum absolute atomic E-state index is 0.0724. The zero-order valence-electron chi connectivity index (χ0n) is 10.9. The summed E-state index contributed by atoms with van der Waals surface area (Å²) in [5.41, 5.74) is 9.22. The third-order valence-electron chi connectivity index (χ3n) is 2.81. The summed E-state index contributed by atoms with van der Waals surface area (Å²) >= 11 is 0. The number of carbonyl (C=O) groups is 1. The summed E-state index contributed by atoms with van der Waals surface area (Å²) in [4.78, 5) is 11.6. The Morgan fingerprint density at radius 3 is 2.76 bits per heavy atom. The number of amides is 1. The summed E-state index contributed by atoms with van der Waals surface area (Å²) in [6, 6.07) is 6.36. The van der Waals surface area contributed by atoms with Crippen LogP contribution in [0.15, 0.2) is 18.2 Å². The largest absolute Gasteiger partial charge is 0.352 e. The average Bonchev–Trinajstić information content (AvgIpc) is 2.27. The lowest BCUT2D eigenvalue weighted by atomic mass is 10.1. The molecule has 1 rings (SSSR count). The van der Waals surface area contributed by atoms with Gasteiger partial charge in [-0.1, -0.05) is 23.8 Å². The first-order valence-corrected chi connectivity index (χ1v) is 6.07. The van der Waals surface area contributed by atoms with Gasteiger partial charge in [0.2, 0.25) is 5.91 Å². The second kappa shape index (κ2) is 6.40. The van der Waals surface area contributed by atoms with Crippen LogP contribution in [0.3, 0.4) is 0 Å². The van der Waals surface area contributed by atoms with Crippen LogP contribution in [0.1, 0.15) is 36.5 Å². The second-order valence-electron chi connectivity index (χ2n) is 4.72. The van der Waals surface area contributed by atoms with Gasteiger partial charge >= 0.3 is 0 Å². The van der Waals surface area contributed by atoms with Crippen LogP contribution in [0.4, 0.5) is 0 Å². The highest BCUT2D eigenvalue weighted by molar-refractivity contribution is 5.75. The van der Waals surface area contributed by atoms with Gasteiger partial charge < -0.3 is 11.1 Å². The summed E-state index contributed by atoms with van der Waals surface area (Å²) in [5, 5.41) is 2.93. The Hall–Kier alpha value is -1.35. The van der Waals surface area contributed by atoms with Gasteiger partial charge in [0.25, 0.3) is 0 Å². The highest BCUT2D eigenvalue weighted by Gasteiger charge is 2.04. The fourth-order valence-corrected chi connectivity index (χ4v) is 1.63. The first-order valence-electron chi connectivity index (χ1n) is 6.07. The molecule has 1 amide bonds. The van der Waals surface area contributed by atoms with Gasteiger partial charge in [0, 0.05) is 19.0 Å². The summed E-state index contributed by atoms with van der Waals surface area (Å²) in [6.45, 7) is 6.63. The van der Waals surface area contributed by atoms with Crippen molar-refractivity contribution in [2.75, 3.05) is 0 Å². The lowest BCUT2D eigenvalue weighted by Gasteiger charge is -2.09. The lowest BCUT2D eigenvalue weighted by Crippen LogP contribution is -2.25. The van der Waals surface area contributed by atoms with E-state index in [1.165, 1.54) is 16.7 Å². The Morgan fingerprint density at radius 1 is 1.41 bits per heavy atom. The van der Waals surface area contributed by atoms with Gasteiger partial charge in [-0.05, 0) is 38.3 Å². The molecule has 1 aromatic carbocycles. The second-order valence-corrected chi connectivity index (χ2v) is 4.72. The molecule has 1 unspecified atom stereocenters. The van der Waals surface area contributed by atoms with E-state index < -0.39 is 0 Å². The predicted molar refractivity (Wildman–Crippen MR) is 70.6 cm³/mol. The highest BCUT2D eigenvalue weighted by atomic mass is 16.1. The number of hydrogen-bond acceptors (Lipinski definition) is 2. The van der Waals surface area contributed by atoms with Gasteiger partial charge in [-0.25, -0.2) is 0 Å². The number of rotatable bonds is 5. The minimum Gasteiger partial charge on any atom is -0.352 e. The van der Waals surface area contributed by atoms with Crippen molar-refractivity contribution in [3.63, 3.8) is 0 Å². The lowest BCUT2D eigenvalue weighted by molar-refractivity contribution is -0.121. The van der Waals surface area contributed by atoms with Crippen molar-refractivity contribution < 1.29 is 4.79 Å². The molecule has 1 atom stereocenters. The number of nitrogens with two attached hydrogens (primary N) is 1. The minimum atomic E-state index is 0.0724. The van der Waals surface area contributed by atoms with Crippen molar-refractivity contribution in [3.8, 4) is 0 Å². The van der Waals surface area contributed by atoms with Gasteiger partial charge in [0.15, 0.2) is 0 Å². The molecule has 94 valence electrons. The monoisotopic (exact) mass is 234 g/mol. The Bertz CT molecular complexity index is 386. The Morgan fingerprint density at radius 2 is 2.12 bits per heavy atom.